The van der Waals surface area contributed by atoms with Crippen molar-refractivity contribution >= 4 is 34.5 Å². The zero-order valence-electron chi connectivity index (χ0n) is 13.1. The Bertz CT molecular complexity index is 830. The second-order valence-electron chi connectivity index (χ2n) is 5.35. The lowest BCUT2D eigenvalue weighted by atomic mass is 10.2. The molecule has 124 valence electrons. The van der Waals surface area contributed by atoms with E-state index in [9.17, 15) is 4.79 Å². The minimum Gasteiger partial charge on any atom is -0.339 e. The standard InChI is InChI=1S/C17H16ClN3O2S/c1-11-7-8-12(10-13(11)18)19-15(22)5-2-6-16-20-17(21-23-16)14-4-3-9-24-14/h3-4,7-10H,2,5-6H2,1H3,(H,19,22). The SMILES string of the molecule is Cc1ccc(NC(=O)CCCc2nc(-c3cccs3)no2)cc1Cl. The summed E-state index contributed by atoms with van der Waals surface area (Å²) in [6.45, 7) is 1.92. The van der Waals surface area contributed by atoms with Crippen LogP contribution in [0.2, 0.25) is 5.02 Å². The lowest BCUT2D eigenvalue weighted by Crippen LogP contribution is -2.11. The van der Waals surface area contributed by atoms with Gasteiger partial charge < -0.3 is 9.84 Å². The van der Waals surface area contributed by atoms with Gasteiger partial charge in [-0.1, -0.05) is 28.9 Å². The van der Waals surface area contributed by atoms with Crippen LogP contribution in [0, 0.1) is 6.92 Å². The number of amides is 1. The number of aryl methyl sites for hydroxylation is 2. The van der Waals surface area contributed by atoms with Crippen molar-refractivity contribution in [3.63, 3.8) is 0 Å². The molecule has 2 heterocycles. The molecule has 0 aliphatic carbocycles. The Balaban J connectivity index is 1.47. The number of benzene rings is 1. The van der Waals surface area contributed by atoms with Gasteiger partial charge in [0.1, 0.15) is 0 Å². The lowest BCUT2D eigenvalue weighted by molar-refractivity contribution is -0.116. The number of carbonyl (C=O) groups excluding carboxylic acids is 1. The van der Waals surface area contributed by atoms with E-state index in [1.807, 2.05) is 36.6 Å². The summed E-state index contributed by atoms with van der Waals surface area (Å²) in [6.07, 6.45) is 1.58. The van der Waals surface area contributed by atoms with E-state index >= 15 is 0 Å². The van der Waals surface area contributed by atoms with E-state index in [1.165, 1.54) is 0 Å². The summed E-state index contributed by atoms with van der Waals surface area (Å²) in [5, 5.41) is 9.39. The fourth-order valence-electron chi connectivity index (χ4n) is 2.16. The van der Waals surface area contributed by atoms with Crippen molar-refractivity contribution in [1.29, 1.82) is 0 Å². The number of nitrogens with one attached hydrogen (secondary N) is 1. The third kappa shape index (κ3) is 4.21. The fraction of sp³-hybridized carbons (Fsp3) is 0.235. The zero-order valence-corrected chi connectivity index (χ0v) is 14.7. The summed E-state index contributed by atoms with van der Waals surface area (Å²) in [4.78, 5) is 17.3. The van der Waals surface area contributed by atoms with Gasteiger partial charge in [-0.2, -0.15) is 4.98 Å². The van der Waals surface area contributed by atoms with Crippen LogP contribution in [0.15, 0.2) is 40.2 Å². The third-order valence-corrected chi connectivity index (χ3v) is 4.73. The van der Waals surface area contributed by atoms with Gasteiger partial charge >= 0.3 is 0 Å². The van der Waals surface area contributed by atoms with Crippen LogP contribution in [-0.4, -0.2) is 16.0 Å². The molecule has 7 heteroatoms. The summed E-state index contributed by atoms with van der Waals surface area (Å²) in [5.74, 6) is 1.08. The van der Waals surface area contributed by atoms with Crippen LogP contribution in [0.25, 0.3) is 10.7 Å². The topological polar surface area (TPSA) is 68.0 Å². The second kappa shape index (κ2) is 7.59. The maximum absolute atomic E-state index is 12.0. The van der Waals surface area contributed by atoms with Crippen molar-refractivity contribution in [1.82, 2.24) is 10.1 Å². The number of carbonyl (C=O) groups is 1. The van der Waals surface area contributed by atoms with Gasteiger partial charge in [0.15, 0.2) is 0 Å². The average molecular weight is 362 g/mol. The number of rotatable bonds is 6. The predicted octanol–water partition coefficient (Wildman–Crippen LogP) is 4.72. The number of aromatic nitrogens is 2. The number of hydrogen-bond acceptors (Lipinski definition) is 5. The Labute approximate surface area is 148 Å². The summed E-state index contributed by atoms with van der Waals surface area (Å²) >= 11 is 7.61. The van der Waals surface area contributed by atoms with E-state index < -0.39 is 0 Å². The minimum atomic E-state index is -0.0621. The van der Waals surface area contributed by atoms with Crippen molar-refractivity contribution in [2.24, 2.45) is 0 Å². The Kier molecular flexibility index (Phi) is 5.27. The van der Waals surface area contributed by atoms with E-state index in [2.05, 4.69) is 15.5 Å². The van der Waals surface area contributed by atoms with Crippen LogP contribution in [-0.2, 0) is 11.2 Å². The molecule has 0 bridgehead atoms. The van der Waals surface area contributed by atoms with E-state index in [0.29, 0.717) is 41.7 Å². The molecule has 2 aromatic heterocycles. The summed E-state index contributed by atoms with van der Waals surface area (Å²) in [7, 11) is 0. The van der Waals surface area contributed by atoms with Gasteiger partial charge in [-0.3, -0.25) is 4.79 Å². The van der Waals surface area contributed by atoms with Crippen molar-refractivity contribution in [2.75, 3.05) is 5.32 Å². The molecule has 1 amide bonds. The highest BCUT2D eigenvalue weighted by molar-refractivity contribution is 7.13. The first-order valence-electron chi connectivity index (χ1n) is 7.54. The Morgan fingerprint density at radius 2 is 2.25 bits per heavy atom. The number of halogens is 1. The average Bonchev–Trinajstić information content (AvgIpc) is 3.22. The largest absolute Gasteiger partial charge is 0.339 e. The van der Waals surface area contributed by atoms with Crippen LogP contribution >= 0.6 is 22.9 Å². The molecule has 0 radical (unpaired) electrons. The maximum Gasteiger partial charge on any atom is 0.226 e. The van der Waals surface area contributed by atoms with Crippen LogP contribution in [0.1, 0.15) is 24.3 Å². The molecule has 5 nitrogen and oxygen atoms in total. The first kappa shape index (κ1) is 16.7. The van der Waals surface area contributed by atoms with Crippen molar-refractivity contribution in [2.45, 2.75) is 26.2 Å². The van der Waals surface area contributed by atoms with Gasteiger partial charge in [0.2, 0.25) is 17.6 Å². The smallest absolute Gasteiger partial charge is 0.226 e. The van der Waals surface area contributed by atoms with Gasteiger partial charge in [0, 0.05) is 23.6 Å². The monoisotopic (exact) mass is 361 g/mol. The van der Waals surface area contributed by atoms with E-state index in [4.69, 9.17) is 16.1 Å². The van der Waals surface area contributed by atoms with Gasteiger partial charge in [-0.25, -0.2) is 0 Å². The van der Waals surface area contributed by atoms with E-state index in [-0.39, 0.29) is 5.91 Å². The van der Waals surface area contributed by atoms with Crippen LogP contribution in [0.3, 0.4) is 0 Å². The summed E-state index contributed by atoms with van der Waals surface area (Å²) in [5.41, 5.74) is 1.68. The minimum absolute atomic E-state index is 0.0621. The van der Waals surface area contributed by atoms with Crippen LogP contribution in [0.4, 0.5) is 5.69 Å². The van der Waals surface area contributed by atoms with Gasteiger partial charge in [0.25, 0.3) is 0 Å². The first-order chi connectivity index (χ1) is 11.6. The van der Waals surface area contributed by atoms with Crippen LogP contribution < -0.4 is 5.32 Å². The highest BCUT2D eigenvalue weighted by Crippen LogP contribution is 2.22. The number of thiophene rings is 1. The second-order valence-corrected chi connectivity index (χ2v) is 6.71. The van der Waals surface area contributed by atoms with Gasteiger partial charge in [-0.15, -0.1) is 11.3 Å². The molecule has 0 atom stereocenters. The molecule has 3 aromatic rings. The molecule has 0 aliphatic heterocycles. The molecule has 0 saturated heterocycles. The van der Waals surface area contributed by atoms with Crippen molar-refractivity contribution < 1.29 is 9.32 Å². The molecule has 0 aliphatic rings. The number of hydrogen-bond donors (Lipinski definition) is 1. The fourth-order valence-corrected chi connectivity index (χ4v) is 2.99. The number of anilines is 1. The number of nitrogens with zero attached hydrogens (tertiary/aromatic N) is 2. The molecule has 1 N–H and O–H groups in total. The molecule has 0 spiro atoms. The molecule has 0 fully saturated rings. The molecular weight excluding hydrogens is 346 g/mol. The summed E-state index contributed by atoms with van der Waals surface area (Å²) in [6, 6.07) is 9.35. The first-order valence-corrected chi connectivity index (χ1v) is 8.80. The highest BCUT2D eigenvalue weighted by atomic mass is 35.5. The predicted molar refractivity (Wildman–Crippen MR) is 95.4 cm³/mol. The Morgan fingerprint density at radius 3 is 3.00 bits per heavy atom. The highest BCUT2D eigenvalue weighted by Gasteiger charge is 2.10. The van der Waals surface area contributed by atoms with Crippen molar-refractivity contribution in [3.8, 4) is 10.7 Å². The summed E-state index contributed by atoms with van der Waals surface area (Å²) < 4.78 is 5.21. The lowest BCUT2D eigenvalue weighted by Gasteiger charge is -2.06. The van der Waals surface area contributed by atoms with E-state index in [0.717, 1.165) is 10.4 Å². The molecule has 3 rings (SSSR count). The zero-order chi connectivity index (χ0) is 16.9. The molecule has 1 aromatic carbocycles. The normalized spacial score (nSPS) is 10.8. The van der Waals surface area contributed by atoms with Gasteiger partial charge in [-0.05, 0) is 42.5 Å². The van der Waals surface area contributed by atoms with Crippen LogP contribution in [0.5, 0.6) is 0 Å². The molecule has 24 heavy (non-hydrogen) atoms. The Hall–Kier alpha value is -2.18. The quantitative estimate of drug-likeness (QED) is 0.689. The third-order valence-electron chi connectivity index (χ3n) is 3.46. The Morgan fingerprint density at radius 1 is 1.38 bits per heavy atom. The maximum atomic E-state index is 12.0. The molecule has 0 saturated carbocycles. The molecular formula is C17H16ClN3O2S. The van der Waals surface area contributed by atoms with E-state index in [1.54, 1.807) is 17.4 Å². The van der Waals surface area contributed by atoms with Gasteiger partial charge in [0.05, 0.1) is 4.88 Å². The van der Waals surface area contributed by atoms with Crippen molar-refractivity contribution in [3.05, 3.63) is 52.2 Å². The molecule has 0 unspecified atom stereocenters.